The maximum Gasteiger partial charge on any atom is 0.254 e. The molecule has 1 N–H and O–H groups in total. The molecule has 0 saturated carbocycles. The van der Waals surface area contributed by atoms with Gasteiger partial charge in [-0.15, -0.1) is 11.6 Å². The Morgan fingerprint density at radius 3 is 2.71 bits per heavy atom. The van der Waals surface area contributed by atoms with Crippen molar-refractivity contribution in [2.75, 3.05) is 12.4 Å². The second-order valence-electron chi connectivity index (χ2n) is 3.42. The quantitative estimate of drug-likeness (QED) is 0.654. The van der Waals surface area contributed by atoms with Gasteiger partial charge >= 0.3 is 0 Å². The molecule has 0 radical (unpaired) electrons. The third kappa shape index (κ3) is 3.82. The molecule has 92 valence electrons. The number of allylic oxidation sites excluding steroid dienone is 1. The van der Waals surface area contributed by atoms with Crippen molar-refractivity contribution in [1.82, 2.24) is 5.32 Å². The Morgan fingerprint density at radius 2 is 2.06 bits per heavy atom. The average Bonchev–Trinajstić information content (AvgIpc) is 2.29. The molecule has 1 aromatic rings. The van der Waals surface area contributed by atoms with Gasteiger partial charge < -0.3 is 5.32 Å². The van der Waals surface area contributed by atoms with Crippen molar-refractivity contribution in [2.45, 2.75) is 6.92 Å². The summed E-state index contributed by atoms with van der Waals surface area (Å²) in [6.45, 7) is 1.72. The van der Waals surface area contributed by atoms with Gasteiger partial charge in [0.1, 0.15) is 11.6 Å². The fourth-order valence-electron chi connectivity index (χ4n) is 1.22. The molecule has 0 atom stereocenters. The lowest BCUT2D eigenvalue weighted by atomic mass is 10.1. The zero-order valence-corrected chi connectivity index (χ0v) is 10.0. The fourth-order valence-corrected chi connectivity index (χ4v) is 1.35. The van der Waals surface area contributed by atoms with Gasteiger partial charge in [-0.3, -0.25) is 4.79 Å². The van der Waals surface area contributed by atoms with E-state index < -0.39 is 17.5 Å². The molecule has 0 saturated heterocycles. The maximum atomic E-state index is 13.3. The van der Waals surface area contributed by atoms with E-state index in [-0.39, 0.29) is 17.7 Å². The summed E-state index contributed by atoms with van der Waals surface area (Å²) in [6, 6.07) is 1.89. The third-order valence-electron chi connectivity index (χ3n) is 2.13. The summed E-state index contributed by atoms with van der Waals surface area (Å²) in [5, 5.41) is 2.47. The standard InChI is InChI=1S/C12H12ClF2NO/c1-8-6-9(11(15)7-10(8)14)12(17)16-5-3-2-4-13/h2-3,6-7H,4-5H2,1H3,(H,16,17)/b3-2+. The number of amides is 1. The summed E-state index contributed by atoms with van der Waals surface area (Å²) in [4.78, 5) is 11.6. The van der Waals surface area contributed by atoms with Gasteiger partial charge in [-0.2, -0.15) is 0 Å². The Hall–Kier alpha value is -1.42. The van der Waals surface area contributed by atoms with E-state index in [4.69, 9.17) is 11.6 Å². The van der Waals surface area contributed by atoms with Crippen LogP contribution in [0, 0.1) is 18.6 Å². The van der Waals surface area contributed by atoms with Crippen LogP contribution in [0.1, 0.15) is 15.9 Å². The molecule has 1 amide bonds. The number of aryl methyl sites for hydroxylation is 1. The Morgan fingerprint density at radius 1 is 1.35 bits per heavy atom. The van der Waals surface area contributed by atoms with Crippen molar-refractivity contribution in [3.05, 3.63) is 47.0 Å². The first kappa shape index (κ1) is 13.6. The molecular formula is C12H12ClF2NO. The smallest absolute Gasteiger partial charge is 0.254 e. The minimum Gasteiger partial charge on any atom is -0.348 e. The predicted octanol–water partition coefficient (Wildman–Crippen LogP) is 2.80. The number of alkyl halides is 1. The Labute approximate surface area is 103 Å². The molecule has 1 rings (SSSR count). The minimum absolute atomic E-state index is 0.164. The monoisotopic (exact) mass is 259 g/mol. The highest BCUT2D eigenvalue weighted by Crippen LogP contribution is 2.13. The van der Waals surface area contributed by atoms with E-state index in [9.17, 15) is 13.6 Å². The Balaban J connectivity index is 2.75. The first-order valence-corrected chi connectivity index (χ1v) is 5.54. The SMILES string of the molecule is Cc1cc(C(=O)NC/C=C/CCl)c(F)cc1F. The van der Waals surface area contributed by atoms with E-state index in [1.807, 2.05) is 0 Å². The van der Waals surface area contributed by atoms with Gasteiger partial charge in [0.15, 0.2) is 0 Å². The van der Waals surface area contributed by atoms with Crippen LogP contribution in [-0.2, 0) is 0 Å². The van der Waals surface area contributed by atoms with Gasteiger partial charge in [0.05, 0.1) is 5.56 Å². The molecule has 0 bridgehead atoms. The normalized spacial score (nSPS) is 10.8. The number of hydrogen-bond acceptors (Lipinski definition) is 1. The molecule has 0 aromatic heterocycles. The molecule has 2 nitrogen and oxygen atoms in total. The molecule has 0 unspecified atom stereocenters. The van der Waals surface area contributed by atoms with Gasteiger partial charge in [-0.1, -0.05) is 12.2 Å². The first-order valence-electron chi connectivity index (χ1n) is 5.01. The molecule has 0 aliphatic carbocycles. The zero-order chi connectivity index (χ0) is 12.8. The summed E-state index contributed by atoms with van der Waals surface area (Å²) in [5.74, 6) is -1.77. The van der Waals surface area contributed by atoms with Crippen LogP contribution in [0.15, 0.2) is 24.3 Å². The van der Waals surface area contributed by atoms with Crippen LogP contribution < -0.4 is 5.32 Å². The van der Waals surface area contributed by atoms with E-state index in [0.717, 1.165) is 0 Å². The summed E-state index contributed by atoms with van der Waals surface area (Å²) >= 11 is 5.40. The highest BCUT2D eigenvalue weighted by Gasteiger charge is 2.13. The van der Waals surface area contributed by atoms with Crippen molar-refractivity contribution in [2.24, 2.45) is 0 Å². The van der Waals surface area contributed by atoms with E-state index in [1.165, 1.54) is 13.0 Å². The molecule has 0 fully saturated rings. The van der Waals surface area contributed by atoms with Crippen LogP contribution in [0.3, 0.4) is 0 Å². The number of benzene rings is 1. The van der Waals surface area contributed by atoms with Gasteiger partial charge in [0.2, 0.25) is 0 Å². The zero-order valence-electron chi connectivity index (χ0n) is 9.27. The number of nitrogens with one attached hydrogen (secondary N) is 1. The Bertz CT molecular complexity index is 446. The van der Waals surface area contributed by atoms with Crippen molar-refractivity contribution in [3.63, 3.8) is 0 Å². The van der Waals surface area contributed by atoms with Gasteiger partial charge in [0.25, 0.3) is 5.91 Å². The van der Waals surface area contributed by atoms with E-state index in [2.05, 4.69) is 5.32 Å². The van der Waals surface area contributed by atoms with Crippen molar-refractivity contribution in [1.29, 1.82) is 0 Å². The van der Waals surface area contributed by atoms with Crippen LogP contribution >= 0.6 is 11.6 Å². The summed E-state index contributed by atoms with van der Waals surface area (Å²) in [7, 11) is 0. The topological polar surface area (TPSA) is 29.1 Å². The molecule has 1 aromatic carbocycles. The molecule has 0 heterocycles. The lowest BCUT2D eigenvalue weighted by Gasteiger charge is -2.05. The number of halogens is 3. The van der Waals surface area contributed by atoms with E-state index >= 15 is 0 Å². The maximum absolute atomic E-state index is 13.3. The van der Waals surface area contributed by atoms with Crippen LogP contribution in [0.5, 0.6) is 0 Å². The predicted molar refractivity (Wildman–Crippen MR) is 63.3 cm³/mol. The number of carbonyl (C=O) groups excluding carboxylic acids is 1. The average molecular weight is 260 g/mol. The summed E-state index contributed by atoms with van der Waals surface area (Å²) < 4.78 is 26.3. The molecular weight excluding hydrogens is 248 g/mol. The third-order valence-corrected chi connectivity index (χ3v) is 2.31. The van der Waals surface area contributed by atoms with Gasteiger partial charge in [0, 0.05) is 18.5 Å². The lowest BCUT2D eigenvalue weighted by Crippen LogP contribution is -2.24. The van der Waals surface area contributed by atoms with Crippen LogP contribution in [-0.4, -0.2) is 18.3 Å². The number of carbonyl (C=O) groups is 1. The van der Waals surface area contributed by atoms with Crippen LogP contribution in [0.25, 0.3) is 0 Å². The first-order chi connectivity index (χ1) is 8.06. The molecule has 5 heteroatoms. The highest BCUT2D eigenvalue weighted by molar-refractivity contribution is 6.18. The van der Waals surface area contributed by atoms with Gasteiger partial charge in [-0.05, 0) is 18.6 Å². The molecule has 0 spiro atoms. The van der Waals surface area contributed by atoms with E-state index in [1.54, 1.807) is 12.2 Å². The lowest BCUT2D eigenvalue weighted by molar-refractivity contribution is 0.0954. The van der Waals surface area contributed by atoms with Crippen molar-refractivity contribution in [3.8, 4) is 0 Å². The fraction of sp³-hybridized carbons (Fsp3) is 0.250. The van der Waals surface area contributed by atoms with Crippen LogP contribution in [0.4, 0.5) is 8.78 Å². The van der Waals surface area contributed by atoms with Crippen molar-refractivity contribution >= 4 is 17.5 Å². The summed E-state index contributed by atoms with van der Waals surface area (Å²) in [5.41, 5.74) is 0.0658. The molecule has 0 aliphatic heterocycles. The Kier molecular flexibility index (Phi) is 5.10. The van der Waals surface area contributed by atoms with Crippen molar-refractivity contribution < 1.29 is 13.6 Å². The second-order valence-corrected chi connectivity index (χ2v) is 3.73. The summed E-state index contributed by atoms with van der Waals surface area (Å²) in [6.07, 6.45) is 3.31. The minimum atomic E-state index is -0.869. The van der Waals surface area contributed by atoms with Gasteiger partial charge in [-0.25, -0.2) is 8.78 Å². The molecule has 0 aliphatic rings. The van der Waals surface area contributed by atoms with Crippen LogP contribution in [0.2, 0.25) is 0 Å². The van der Waals surface area contributed by atoms with E-state index in [0.29, 0.717) is 11.9 Å². The largest absolute Gasteiger partial charge is 0.348 e. The number of rotatable bonds is 4. The second kappa shape index (κ2) is 6.35. The highest BCUT2D eigenvalue weighted by atomic mass is 35.5. The molecule has 17 heavy (non-hydrogen) atoms. The number of hydrogen-bond donors (Lipinski definition) is 1.